The highest BCUT2D eigenvalue weighted by Gasteiger charge is 2.31. The lowest BCUT2D eigenvalue weighted by atomic mass is 10.0. The van der Waals surface area contributed by atoms with E-state index in [-0.39, 0.29) is 12.5 Å². The summed E-state index contributed by atoms with van der Waals surface area (Å²) in [5.41, 5.74) is 3.06. The van der Waals surface area contributed by atoms with Gasteiger partial charge in [-0.1, -0.05) is 30.3 Å². The summed E-state index contributed by atoms with van der Waals surface area (Å²) >= 11 is 0. The maximum Gasteiger partial charge on any atom is 0.333 e. The average molecular weight is 400 g/mol. The molecule has 29 heavy (non-hydrogen) atoms. The van der Waals surface area contributed by atoms with Crippen molar-refractivity contribution in [1.29, 1.82) is 0 Å². The number of carbonyl (C=O) groups is 3. The third kappa shape index (κ3) is 5.66. The SMILES string of the molecule is CCOC(=O)[C@@H](NC(=O)[C@@H](C)NC(C)=O)c1c(C)nn(Cc2ccccc2)c1C. The van der Waals surface area contributed by atoms with E-state index in [0.29, 0.717) is 17.8 Å². The number of hydrogen-bond acceptors (Lipinski definition) is 5. The zero-order valence-corrected chi connectivity index (χ0v) is 17.5. The first-order valence-electron chi connectivity index (χ1n) is 9.56. The molecule has 2 aromatic rings. The topological polar surface area (TPSA) is 102 Å². The molecule has 0 saturated carbocycles. The molecule has 2 atom stereocenters. The van der Waals surface area contributed by atoms with Crippen LogP contribution in [0, 0.1) is 13.8 Å². The second-order valence-corrected chi connectivity index (χ2v) is 6.84. The van der Waals surface area contributed by atoms with Gasteiger partial charge >= 0.3 is 5.97 Å². The third-order valence-electron chi connectivity index (χ3n) is 4.52. The van der Waals surface area contributed by atoms with Crippen LogP contribution < -0.4 is 10.6 Å². The van der Waals surface area contributed by atoms with Crippen LogP contribution in [0.5, 0.6) is 0 Å². The highest BCUT2D eigenvalue weighted by molar-refractivity contribution is 5.90. The predicted octanol–water partition coefficient (Wildman–Crippen LogP) is 1.79. The number of hydrogen-bond donors (Lipinski definition) is 2. The van der Waals surface area contributed by atoms with Gasteiger partial charge in [-0.15, -0.1) is 0 Å². The van der Waals surface area contributed by atoms with E-state index in [0.717, 1.165) is 11.3 Å². The van der Waals surface area contributed by atoms with E-state index in [4.69, 9.17) is 4.74 Å². The fraction of sp³-hybridized carbons (Fsp3) is 0.429. The Kier molecular flexibility index (Phi) is 7.52. The Hall–Kier alpha value is -3.16. The zero-order chi connectivity index (χ0) is 21.6. The van der Waals surface area contributed by atoms with Crippen molar-refractivity contribution in [2.75, 3.05) is 6.61 Å². The van der Waals surface area contributed by atoms with E-state index < -0.39 is 24.0 Å². The van der Waals surface area contributed by atoms with Gasteiger partial charge in [-0.2, -0.15) is 5.10 Å². The van der Waals surface area contributed by atoms with E-state index in [1.807, 2.05) is 37.3 Å². The van der Waals surface area contributed by atoms with Crippen LogP contribution >= 0.6 is 0 Å². The van der Waals surface area contributed by atoms with E-state index in [9.17, 15) is 14.4 Å². The summed E-state index contributed by atoms with van der Waals surface area (Å²) in [6, 6.07) is 8.04. The van der Waals surface area contributed by atoms with Crippen molar-refractivity contribution in [3.63, 3.8) is 0 Å². The number of esters is 1. The molecule has 0 radical (unpaired) electrons. The van der Waals surface area contributed by atoms with Gasteiger partial charge in [0.25, 0.3) is 0 Å². The summed E-state index contributed by atoms with van der Waals surface area (Å²) in [5, 5.41) is 9.77. The lowest BCUT2D eigenvalue weighted by Gasteiger charge is -2.21. The van der Waals surface area contributed by atoms with Gasteiger partial charge in [-0.3, -0.25) is 14.3 Å². The molecule has 1 aromatic heterocycles. The average Bonchev–Trinajstić information content (AvgIpc) is 2.93. The van der Waals surface area contributed by atoms with Gasteiger partial charge in [-0.05, 0) is 33.3 Å². The van der Waals surface area contributed by atoms with Crippen LogP contribution in [0.15, 0.2) is 30.3 Å². The first kappa shape index (κ1) is 22.1. The Morgan fingerprint density at radius 2 is 1.79 bits per heavy atom. The lowest BCUT2D eigenvalue weighted by Crippen LogP contribution is -2.47. The van der Waals surface area contributed by atoms with Crippen molar-refractivity contribution < 1.29 is 19.1 Å². The second kappa shape index (κ2) is 9.86. The van der Waals surface area contributed by atoms with Crippen molar-refractivity contribution in [2.24, 2.45) is 0 Å². The maximum atomic E-state index is 12.6. The summed E-state index contributed by atoms with van der Waals surface area (Å²) in [7, 11) is 0. The molecule has 0 bridgehead atoms. The maximum absolute atomic E-state index is 12.6. The minimum atomic E-state index is -1.01. The van der Waals surface area contributed by atoms with E-state index in [1.165, 1.54) is 6.92 Å². The number of aromatic nitrogens is 2. The molecule has 8 heteroatoms. The quantitative estimate of drug-likeness (QED) is 0.658. The number of amides is 2. The number of rotatable bonds is 8. The first-order valence-corrected chi connectivity index (χ1v) is 9.56. The molecular weight excluding hydrogens is 372 g/mol. The summed E-state index contributed by atoms with van der Waals surface area (Å²) in [4.78, 5) is 36.4. The van der Waals surface area contributed by atoms with Crippen LogP contribution in [0.4, 0.5) is 0 Å². The molecule has 2 rings (SSSR count). The van der Waals surface area contributed by atoms with Crippen LogP contribution in [0.1, 0.15) is 49.3 Å². The third-order valence-corrected chi connectivity index (χ3v) is 4.52. The molecule has 0 saturated heterocycles. The molecule has 0 aliphatic rings. The molecule has 2 amide bonds. The van der Waals surface area contributed by atoms with Gasteiger partial charge < -0.3 is 15.4 Å². The molecule has 8 nitrogen and oxygen atoms in total. The molecule has 0 aliphatic carbocycles. The number of benzene rings is 1. The van der Waals surface area contributed by atoms with Gasteiger partial charge in [-0.25, -0.2) is 4.79 Å². The highest BCUT2D eigenvalue weighted by atomic mass is 16.5. The predicted molar refractivity (Wildman–Crippen MR) is 108 cm³/mol. The fourth-order valence-corrected chi connectivity index (χ4v) is 3.15. The second-order valence-electron chi connectivity index (χ2n) is 6.84. The monoisotopic (exact) mass is 400 g/mol. The van der Waals surface area contributed by atoms with Crippen molar-refractivity contribution in [1.82, 2.24) is 20.4 Å². The van der Waals surface area contributed by atoms with Crippen molar-refractivity contribution in [3.05, 3.63) is 52.8 Å². The molecule has 0 aliphatic heterocycles. The number of ether oxygens (including phenoxy) is 1. The summed E-state index contributed by atoms with van der Waals surface area (Å²) in [5.74, 6) is -1.38. The van der Waals surface area contributed by atoms with Gasteiger partial charge in [0.2, 0.25) is 11.8 Å². The van der Waals surface area contributed by atoms with Crippen LogP contribution in [0.2, 0.25) is 0 Å². The van der Waals surface area contributed by atoms with Gasteiger partial charge in [0.1, 0.15) is 6.04 Å². The number of nitrogens with zero attached hydrogens (tertiary/aromatic N) is 2. The van der Waals surface area contributed by atoms with Crippen molar-refractivity contribution >= 4 is 17.8 Å². The molecule has 0 unspecified atom stereocenters. The van der Waals surface area contributed by atoms with Gasteiger partial charge in [0.15, 0.2) is 6.04 Å². The molecule has 0 spiro atoms. The molecule has 0 fully saturated rings. The fourth-order valence-electron chi connectivity index (χ4n) is 3.15. The van der Waals surface area contributed by atoms with Gasteiger partial charge in [0, 0.05) is 18.2 Å². The smallest absolute Gasteiger partial charge is 0.333 e. The van der Waals surface area contributed by atoms with E-state index in [1.54, 1.807) is 25.5 Å². The Labute approximate surface area is 170 Å². The first-order chi connectivity index (χ1) is 13.7. The summed E-state index contributed by atoms with van der Waals surface area (Å²) < 4.78 is 6.98. The van der Waals surface area contributed by atoms with Crippen LogP contribution in [0.25, 0.3) is 0 Å². The standard InChI is InChI=1S/C21H28N4O4/c1-6-29-21(28)19(23-20(27)14(3)22-16(5)26)18-13(2)24-25(15(18)4)12-17-10-8-7-9-11-17/h7-11,14,19H,6,12H2,1-5H3,(H,22,26)(H,23,27)/t14-,19+/m1/s1. The summed E-state index contributed by atoms with van der Waals surface area (Å²) in [6.45, 7) is 8.95. The molecule has 156 valence electrons. The largest absolute Gasteiger partial charge is 0.464 e. The van der Waals surface area contributed by atoms with Crippen molar-refractivity contribution in [3.8, 4) is 0 Å². The Morgan fingerprint density at radius 3 is 2.38 bits per heavy atom. The van der Waals surface area contributed by atoms with E-state index >= 15 is 0 Å². The Morgan fingerprint density at radius 1 is 1.14 bits per heavy atom. The van der Waals surface area contributed by atoms with Crippen LogP contribution in [-0.4, -0.2) is 40.2 Å². The number of nitrogens with one attached hydrogen (secondary N) is 2. The lowest BCUT2D eigenvalue weighted by molar-refractivity contribution is -0.147. The highest BCUT2D eigenvalue weighted by Crippen LogP contribution is 2.24. The summed E-state index contributed by atoms with van der Waals surface area (Å²) in [6.07, 6.45) is 0. The molecule has 1 heterocycles. The molecule has 1 aromatic carbocycles. The van der Waals surface area contributed by atoms with Crippen LogP contribution in [0.3, 0.4) is 0 Å². The minimum absolute atomic E-state index is 0.183. The van der Waals surface area contributed by atoms with Crippen molar-refractivity contribution in [2.45, 2.75) is 53.2 Å². The Bertz CT molecular complexity index is 876. The van der Waals surface area contributed by atoms with E-state index in [2.05, 4.69) is 15.7 Å². The Balaban J connectivity index is 2.34. The van der Waals surface area contributed by atoms with Crippen LogP contribution in [-0.2, 0) is 25.7 Å². The normalized spacial score (nSPS) is 12.7. The molecular formula is C21H28N4O4. The minimum Gasteiger partial charge on any atom is -0.464 e. The zero-order valence-electron chi connectivity index (χ0n) is 17.5. The van der Waals surface area contributed by atoms with Gasteiger partial charge in [0.05, 0.1) is 18.8 Å². The number of carbonyl (C=O) groups excluding carboxylic acids is 3. The molecule has 2 N–H and O–H groups in total. The number of aryl methyl sites for hydroxylation is 1.